The summed E-state index contributed by atoms with van der Waals surface area (Å²) in [6.07, 6.45) is 3.43. The van der Waals surface area contributed by atoms with Crippen LogP contribution in [0.1, 0.15) is 36.0 Å². The Labute approximate surface area is 120 Å². The smallest absolute Gasteiger partial charge is 0.254 e. The fourth-order valence-corrected chi connectivity index (χ4v) is 2.79. The zero-order valence-electron chi connectivity index (χ0n) is 10.5. The van der Waals surface area contributed by atoms with Gasteiger partial charge in [0.1, 0.15) is 5.82 Å². The van der Waals surface area contributed by atoms with E-state index in [4.69, 9.17) is 0 Å². The molecule has 2 atom stereocenters. The van der Waals surface area contributed by atoms with Crippen LogP contribution < -0.4 is 5.32 Å². The number of carbonyl (C=O) groups excluding carboxylic acids is 1. The average Bonchev–Trinajstić information content (AvgIpc) is 2.40. The third-order valence-corrected chi connectivity index (χ3v) is 4.20. The van der Waals surface area contributed by atoms with Gasteiger partial charge in [-0.3, -0.25) is 4.79 Å². The standard InChI is InChI=1S/C14H17BrFNO2/c15-11-6-3-5-10(13(11)16)14(19)17-8-9-4-1-2-7-12(9)18/h3,5-6,9,12,18H,1-2,4,7-8H2,(H,17,19). The second kappa shape index (κ2) is 6.48. The Balaban J connectivity index is 1.95. The molecular formula is C14H17BrFNO2. The van der Waals surface area contributed by atoms with Crippen LogP contribution >= 0.6 is 15.9 Å². The zero-order valence-corrected chi connectivity index (χ0v) is 12.1. The van der Waals surface area contributed by atoms with E-state index in [0.717, 1.165) is 25.7 Å². The van der Waals surface area contributed by atoms with Crippen molar-refractivity contribution < 1.29 is 14.3 Å². The molecule has 2 unspecified atom stereocenters. The Hall–Kier alpha value is -0.940. The number of aliphatic hydroxyl groups is 1. The van der Waals surface area contributed by atoms with Gasteiger partial charge in [-0.25, -0.2) is 4.39 Å². The minimum absolute atomic E-state index is 0.0275. The number of rotatable bonds is 3. The van der Waals surface area contributed by atoms with Crippen LogP contribution in [0, 0.1) is 11.7 Å². The monoisotopic (exact) mass is 329 g/mol. The van der Waals surface area contributed by atoms with Crippen molar-refractivity contribution in [1.82, 2.24) is 5.32 Å². The summed E-state index contributed by atoms with van der Waals surface area (Å²) >= 11 is 3.06. The van der Waals surface area contributed by atoms with Crippen molar-refractivity contribution in [3.05, 3.63) is 34.1 Å². The number of carbonyl (C=O) groups is 1. The number of amides is 1. The number of nitrogens with one attached hydrogen (secondary N) is 1. The second-order valence-corrected chi connectivity index (χ2v) is 5.78. The Bertz CT molecular complexity index is 467. The summed E-state index contributed by atoms with van der Waals surface area (Å²) in [6, 6.07) is 4.63. The van der Waals surface area contributed by atoms with Gasteiger partial charge in [0.25, 0.3) is 5.91 Å². The van der Waals surface area contributed by atoms with Crippen molar-refractivity contribution in [3.63, 3.8) is 0 Å². The Morgan fingerprint density at radius 1 is 1.42 bits per heavy atom. The molecule has 0 saturated heterocycles. The molecule has 0 aromatic heterocycles. The molecule has 1 aromatic carbocycles. The van der Waals surface area contributed by atoms with Crippen molar-refractivity contribution in [2.45, 2.75) is 31.8 Å². The molecule has 1 fully saturated rings. The van der Waals surface area contributed by atoms with E-state index in [1.165, 1.54) is 6.07 Å². The fourth-order valence-electron chi connectivity index (χ4n) is 2.42. The highest BCUT2D eigenvalue weighted by molar-refractivity contribution is 9.10. The van der Waals surface area contributed by atoms with E-state index in [2.05, 4.69) is 21.2 Å². The van der Waals surface area contributed by atoms with Crippen molar-refractivity contribution in [2.75, 3.05) is 6.54 Å². The van der Waals surface area contributed by atoms with Crippen LogP contribution in [0.25, 0.3) is 0 Å². The summed E-state index contributed by atoms with van der Waals surface area (Å²) in [5.74, 6) is -0.909. The number of benzene rings is 1. The maximum atomic E-state index is 13.7. The van der Waals surface area contributed by atoms with Gasteiger partial charge in [0.15, 0.2) is 0 Å². The van der Waals surface area contributed by atoms with E-state index in [-0.39, 0.29) is 22.1 Å². The number of halogens is 2. The van der Waals surface area contributed by atoms with Crippen LogP contribution in [-0.2, 0) is 0 Å². The molecule has 5 heteroatoms. The fraction of sp³-hybridized carbons (Fsp3) is 0.500. The average molecular weight is 330 g/mol. The summed E-state index contributed by atoms with van der Waals surface area (Å²) < 4.78 is 14.0. The highest BCUT2D eigenvalue weighted by Crippen LogP contribution is 2.24. The van der Waals surface area contributed by atoms with E-state index in [0.29, 0.717) is 6.54 Å². The molecule has 2 N–H and O–H groups in total. The summed E-state index contributed by atoms with van der Waals surface area (Å²) in [4.78, 5) is 11.9. The molecule has 2 rings (SSSR count). The van der Waals surface area contributed by atoms with Crippen molar-refractivity contribution in [2.24, 2.45) is 5.92 Å². The molecule has 1 saturated carbocycles. The lowest BCUT2D eigenvalue weighted by Crippen LogP contribution is -2.37. The predicted octanol–water partition coefficient (Wildman–Crippen LogP) is 2.87. The molecule has 0 spiro atoms. The third kappa shape index (κ3) is 3.54. The number of hydrogen-bond acceptors (Lipinski definition) is 2. The summed E-state index contributed by atoms with van der Waals surface area (Å²) in [6.45, 7) is 0.395. The molecule has 1 aliphatic carbocycles. The van der Waals surface area contributed by atoms with Gasteiger partial charge in [0, 0.05) is 12.5 Å². The van der Waals surface area contributed by atoms with Gasteiger partial charge < -0.3 is 10.4 Å². The van der Waals surface area contributed by atoms with Crippen LogP contribution in [0.2, 0.25) is 0 Å². The first-order valence-corrected chi connectivity index (χ1v) is 7.29. The van der Waals surface area contributed by atoms with Crippen molar-refractivity contribution >= 4 is 21.8 Å². The van der Waals surface area contributed by atoms with Crippen molar-refractivity contribution in [3.8, 4) is 0 Å². The van der Waals surface area contributed by atoms with Gasteiger partial charge in [-0.05, 0) is 40.9 Å². The van der Waals surface area contributed by atoms with E-state index in [1.54, 1.807) is 12.1 Å². The van der Waals surface area contributed by atoms with Gasteiger partial charge >= 0.3 is 0 Å². The van der Waals surface area contributed by atoms with Crippen molar-refractivity contribution in [1.29, 1.82) is 0 Å². The molecule has 0 bridgehead atoms. The molecular weight excluding hydrogens is 313 g/mol. The van der Waals surface area contributed by atoms with Crippen LogP contribution in [0.3, 0.4) is 0 Å². The van der Waals surface area contributed by atoms with Crippen LogP contribution in [0.4, 0.5) is 4.39 Å². The van der Waals surface area contributed by atoms with Crippen LogP contribution in [0.5, 0.6) is 0 Å². The highest BCUT2D eigenvalue weighted by atomic mass is 79.9. The molecule has 104 valence electrons. The van der Waals surface area contributed by atoms with E-state index < -0.39 is 11.7 Å². The second-order valence-electron chi connectivity index (χ2n) is 4.92. The lowest BCUT2D eigenvalue weighted by atomic mass is 9.86. The van der Waals surface area contributed by atoms with Crippen LogP contribution in [-0.4, -0.2) is 23.7 Å². The van der Waals surface area contributed by atoms with Gasteiger partial charge in [0.2, 0.25) is 0 Å². The SMILES string of the molecule is O=C(NCC1CCCCC1O)c1cccc(Br)c1F. The molecule has 1 amide bonds. The molecule has 19 heavy (non-hydrogen) atoms. The van der Waals surface area contributed by atoms with Gasteiger partial charge in [-0.2, -0.15) is 0 Å². The first kappa shape index (κ1) is 14.5. The first-order valence-electron chi connectivity index (χ1n) is 6.50. The predicted molar refractivity (Wildman–Crippen MR) is 74.4 cm³/mol. The number of hydrogen-bond donors (Lipinski definition) is 2. The largest absolute Gasteiger partial charge is 0.393 e. The van der Waals surface area contributed by atoms with E-state index >= 15 is 0 Å². The maximum Gasteiger partial charge on any atom is 0.254 e. The van der Waals surface area contributed by atoms with E-state index in [9.17, 15) is 14.3 Å². The lowest BCUT2D eigenvalue weighted by molar-refractivity contribution is 0.0662. The minimum atomic E-state index is -0.552. The molecule has 1 aliphatic rings. The molecule has 3 nitrogen and oxygen atoms in total. The normalized spacial score (nSPS) is 23.1. The van der Waals surface area contributed by atoms with E-state index in [1.807, 2.05) is 0 Å². The third-order valence-electron chi connectivity index (χ3n) is 3.59. The van der Waals surface area contributed by atoms with Crippen LogP contribution in [0.15, 0.2) is 22.7 Å². The zero-order chi connectivity index (χ0) is 13.8. The Morgan fingerprint density at radius 3 is 2.89 bits per heavy atom. The summed E-state index contributed by atoms with van der Waals surface area (Å²) in [5.41, 5.74) is 0.0275. The Kier molecular flexibility index (Phi) is 4.93. The first-order chi connectivity index (χ1) is 9.09. The highest BCUT2D eigenvalue weighted by Gasteiger charge is 2.24. The Morgan fingerprint density at radius 2 is 2.16 bits per heavy atom. The molecule has 0 radical (unpaired) electrons. The topological polar surface area (TPSA) is 49.3 Å². The van der Waals surface area contributed by atoms with Gasteiger partial charge in [0.05, 0.1) is 16.1 Å². The van der Waals surface area contributed by atoms with Gasteiger partial charge in [-0.15, -0.1) is 0 Å². The number of aliphatic hydroxyl groups excluding tert-OH is 1. The molecule has 0 aliphatic heterocycles. The summed E-state index contributed by atoms with van der Waals surface area (Å²) in [7, 11) is 0. The maximum absolute atomic E-state index is 13.7. The molecule has 0 heterocycles. The van der Waals surface area contributed by atoms with Gasteiger partial charge in [-0.1, -0.05) is 18.9 Å². The lowest BCUT2D eigenvalue weighted by Gasteiger charge is -2.27. The molecule has 1 aromatic rings. The summed E-state index contributed by atoms with van der Waals surface area (Å²) in [5, 5.41) is 12.5. The minimum Gasteiger partial charge on any atom is -0.393 e. The quantitative estimate of drug-likeness (QED) is 0.895.